The van der Waals surface area contributed by atoms with Crippen molar-refractivity contribution in [1.29, 1.82) is 0 Å². The van der Waals surface area contributed by atoms with Crippen molar-refractivity contribution in [3.05, 3.63) is 53.5 Å². The Morgan fingerprint density at radius 1 is 1.35 bits per heavy atom. The minimum absolute atomic E-state index is 0.204. The lowest BCUT2D eigenvalue weighted by Crippen LogP contribution is -2.17. The van der Waals surface area contributed by atoms with Gasteiger partial charge in [0.1, 0.15) is 11.6 Å². The van der Waals surface area contributed by atoms with Gasteiger partial charge in [0.2, 0.25) is 0 Å². The molecule has 1 aromatic carbocycles. The summed E-state index contributed by atoms with van der Waals surface area (Å²) in [6, 6.07) is 8.89. The molecule has 0 aliphatic heterocycles. The average Bonchev–Trinajstić information content (AvgIpc) is 2.87. The lowest BCUT2D eigenvalue weighted by Gasteiger charge is -2.05. The molecular formula is C14H14FN3O2. The lowest BCUT2D eigenvalue weighted by molar-refractivity contribution is 0.0954. The Labute approximate surface area is 115 Å². The first kappa shape index (κ1) is 13.8. The minimum atomic E-state index is -0.486. The quantitative estimate of drug-likeness (QED) is 0.687. The van der Waals surface area contributed by atoms with Crippen LogP contribution in [0.5, 0.6) is 0 Å². The predicted molar refractivity (Wildman–Crippen MR) is 74.5 cm³/mol. The zero-order valence-electron chi connectivity index (χ0n) is 11.1. The number of benzene rings is 1. The summed E-state index contributed by atoms with van der Waals surface area (Å²) < 4.78 is 18.4. The van der Waals surface area contributed by atoms with Crippen LogP contribution in [0.25, 0.3) is 0 Å². The first-order chi connectivity index (χ1) is 9.56. The Kier molecular flexibility index (Phi) is 4.14. The summed E-state index contributed by atoms with van der Waals surface area (Å²) in [6.45, 7) is 0. The van der Waals surface area contributed by atoms with Gasteiger partial charge < -0.3 is 9.32 Å². The zero-order valence-corrected chi connectivity index (χ0v) is 11.1. The highest BCUT2D eigenvalue weighted by Gasteiger charge is 2.05. The van der Waals surface area contributed by atoms with Crippen LogP contribution < -0.4 is 10.3 Å². The maximum atomic E-state index is 13.0. The fraction of sp³-hybridized carbons (Fsp3) is 0.143. The van der Waals surface area contributed by atoms with E-state index in [9.17, 15) is 9.18 Å². The van der Waals surface area contributed by atoms with Crippen LogP contribution in [0.1, 0.15) is 16.1 Å². The smallest absolute Gasteiger partial charge is 0.271 e. The van der Waals surface area contributed by atoms with Crippen molar-refractivity contribution in [2.75, 3.05) is 19.0 Å². The molecule has 0 fully saturated rings. The second kappa shape index (κ2) is 6.01. The fourth-order valence-corrected chi connectivity index (χ4v) is 1.50. The number of amides is 1. The predicted octanol–water partition coefficient (Wildman–Crippen LogP) is 2.25. The number of rotatable bonds is 4. The number of halogens is 1. The van der Waals surface area contributed by atoms with Crippen molar-refractivity contribution in [2.45, 2.75) is 0 Å². The summed E-state index contributed by atoms with van der Waals surface area (Å²) in [5.41, 5.74) is 2.51. The molecule has 0 saturated heterocycles. The van der Waals surface area contributed by atoms with Crippen LogP contribution in [0.4, 0.5) is 10.3 Å². The van der Waals surface area contributed by atoms with Gasteiger partial charge in [-0.15, -0.1) is 0 Å². The molecule has 0 atom stereocenters. The number of hydrazone groups is 1. The number of furan rings is 1. The maximum Gasteiger partial charge on any atom is 0.271 e. The Morgan fingerprint density at radius 2 is 2.15 bits per heavy atom. The molecule has 1 heterocycles. The van der Waals surface area contributed by atoms with Crippen LogP contribution in [-0.2, 0) is 0 Å². The standard InChI is InChI=1S/C14H14FN3O2/c1-18(2)13-7-6-12(20-13)9-16-17-14(19)10-4-3-5-11(15)8-10/h3-9H,1-2H3,(H,17,19)/b16-9-. The van der Waals surface area contributed by atoms with Crippen LogP contribution in [0.3, 0.4) is 0 Å². The molecule has 0 spiro atoms. The number of carbonyl (C=O) groups excluding carboxylic acids is 1. The zero-order chi connectivity index (χ0) is 14.5. The van der Waals surface area contributed by atoms with Crippen molar-refractivity contribution in [1.82, 2.24) is 5.43 Å². The first-order valence-corrected chi connectivity index (χ1v) is 5.92. The van der Waals surface area contributed by atoms with Gasteiger partial charge in [-0.25, -0.2) is 9.82 Å². The van der Waals surface area contributed by atoms with E-state index in [1.165, 1.54) is 24.4 Å². The molecule has 1 N–H and O–H groups in total. The van der Waals surface area contributed by atoms with Crippen LogP contribution in [-0.4, -0.2) is 26.2 Å². The third-order valence-corrected chi connectivity index (χ3v) is 2.50. The molecule has 2 aromatic rings. The molecule has 5 nitrogen and oxygen atoms in total. The number of carbonyl (C=O) groups is 1. The van der Waals surface area contributed by atoms with Crippen molar-refractivity contribution in [3.63, 3.8) is 0 Å². The summed E-state index contributed by atoms with van der Waals surface area (Å²) in [6.07, 6.45) is 1.38. The second-order valence-electron chi connectivity index (χ2n) is 4.28. The monoisotopic (exact) mass is 275 g/mol. The Balaban J connectivity index is 1.97. The Morgan fingerprint density at radius 3 is 2.80 bits per heavy atom. The van der Waals surface area contributed by atoms with Crippen molar-refractivity contribution >= 4 is 18.0 Å². The van der Waals surface area contributed by atoms with Crippen molar-refractivity contribution in [3.8, 4) is 0 Å². The molecule has 0 bridgehead atoms. The number of hydrogen-bond donors (Lipinski definition) is 1. The van der Waals surface area contributed by atoms with Crippen LogP contribution in [0, 0.1) is 5.82 Å². The molecule has 104 valence electrons. The third kappa shape index (κ3) is 3.44. The van der Waals surface area contributed by atoms with Crippen molar-refractivity contribution in [2.24, 2.45) is 5.10 Å². The molecule has 20 heavy (non-hydrogen) atoms. The van der Waals surface area contributed by atoms with E-state index in [2.05, 4.69) is 10.5 Å². The number of hydrogen-bond acceptors (Lipinski definition) is 4. The summed E-state index contributed by atoms with van der Waals surface area (Å²) >= 11 is 0. The van der Waals surface area contributed by atoms with Gasteiger partial charge >= 0.3 is 0 Å². The lowest BCUT2D eigenvalue weighted by atomic mass is 10.2. The molecule has 0 aliphatic rings. The summed E-state index contributed by atoms with van der Waals surface area (Å²) in [4.78, 5) is 13.5. The van der Waals surface area contributed by atoms with E-state index in [0.29, 0.717) is 11.6 Å². The van der Waals surface area contributed by atoms with Crippen LogP contribution in [0.2, 0.25) is 0 Å². The SMILES string of the molecule is CN(C)c1ccc(/C=N\NC(=O)c2cccc(F)c2)o1. The normalized spacial score (nSPS) is 10.8. The number of nitrogens with zero attached hydrogens (tertiary/aromatic N) is 2. The highest BCUT2D eigenvalue weighted by molar-refractivity contribution is 5.94. The third-order valence-electron chi connectivity index (χ3n) is 2.50. The maximum absolute atomic E-state index is 13.0. The first-order valence-electron chi connectivity index (χ1n) is 5.92. The van der Waals surface area contributed by atoms with E-state index < -0.39 is 11.7 Å². The van der Waals surface area contributed by atoms with E-state index in [-0.39, 0.29) is 5.56 Å². The highest BCUT2D eigenvalue weighted by atomic mass is 19.1. The highest BCUT2D eigenvalue weighted by Crippen LogP contribution is 2.14. The molecule has 0 aliphatic carbocycles. The van der Waals surface area contributed by atoms with Gasteiger partial charge in [-0.3, -0.25) is 4.79 Å². The van der Waals surface area contributed by atoms with E-state index >= 15 is 0 Å². The van der Waals surface area contributed by atoms with E-state index in [4.69, 9.17) is 4.42 Å². The Bertz CT molecular complexity index is 635. The summed E-state index contributed by atoms with van der Waals surface area (Å²) in [7, 11) is 3.71. The van der Waals surface area contributed by atoms with Crippen molar-refractivity contribution < 1.29 is 13.6 Å². The molecule has 1 aromatic heterocycles. The summed E-state index contributed by atoms with van der Waals surface area (Å²) in [5.74, 6) is 0.236. The molecule has 0 unspecified atom stereocenters. The van der Waals surface area contributed by atoms with Gasteiger partial charge in [0.05, 0.1) is 6.21 Å². The van der Waals surface area contributed by atoms with E-state index in [1.807, 2.05) is 19.0 Å². The summed E-state index contributed by atoms with van der Waals surface area (Å²) in [5, 5.41) is 3.76. The van der Waals surface area contributed by atoms with Gasteiger partial charge in [0.15, 0.2) is 5.88 Å². The van der Waals surface area contributed by atoms with Gasteiger partial charge in [-0.1, -0.05) is 6.07 Å². The molecule has 2 rings (SSSR count). The number of anilines is 1. The van der Waals surface area contributed by atoms with Gasteiger partial charge in [0.25, 0.3) is 5.91 Å². The molecular weight excluding hydrogens is 261 g/mol. The van der Waals surface area contributed by atoms with Crippen LogP contribution >= 0.6 is 0 Å². The molecule has 6 heteroatoms. The topological polar surface area (TPSA) is 57.8 Å². The molecule has 1 amide bonds. The molecule has 0 saturated carbocycles. The largest absolute Gasteiger partial charge is 0.440 e. The molecule has 0 radical (unpaired) electrons. The van der Waals surface area contributed by atoms with Crippen LogP contribution in [0.15, 0.2) is 45.9 Å². The van der Waals surface area contributed by atoms with Gasteiger partial charge in [0, 0.05) is 25.7 Å². The number of nitrogens with one attached hydrogen (secondary N) is 1. The second-order valence-corrected chi connectivity index (χ2v) is 4.28. The van der Waals surface area contributed by atoms with Gasteiger partial charge in [-0.2, -0.15) is 5.10 Å². The average molecular weight is 275 g/mol. The Hall–Kier alpha value is -2.63. The van der Waals surface area contributed by atoms with E-state index in [0.717, 1.165) is 6.07 Å². The fourth-order valence-electron chi connectivity index (χ4n) is 1.50. The van der Waals surface area contributed by atoms with Gasteiger partial charge in [-0.05, 0) is 24.3 Å². The van der Waals surface area contributed by atoms with E-state index in [1.54, 1.807) is 12.1 Å². The minimum Gasteiger partial charge on any atom is -0.440 e.